The second-order valence-corrected chi connectivity index (χ2v) is 5.67. The Bertz CT molecular complexity index is 391. The summed E-state index contributed by atoms with van der Waals surface area (Å²) in [6, 6.07) is 0. The summed E-state index contributed by atoms with van der Waals surface area (Å²) in [4.78, 5) is 24.5. The number of alkyl halides is 3. The highest BCUT2D eigenvalue weighted by atomic mass is 19.4. The van der Waals surface area contributed by atoms with Gasteiger partial charge < -0.3 is 10.0 Å². The van der Waals surface area contributed by atoms with E-state index in [9.17, 15) is 22.8 Å². The van der Waals surface area contributed by atoms with Crippen LogP contribution < -0.4 is 0 Å². The summed E-state index contributed by atoms with van der Waals surface area (Å²) < 4.78 is 39.2. The number of hydrogen-bond donors (Lipinski definition) is 1. The number of carboxylic acids is 1. The van der Waals surface area contributed by atoms with Crippen molar-refractivity contribution in [2.24, 2.45) is 11.3 Å². The van der Waals surface area contributed by atoms with Crippen LogP contribution in [-0.2, 0) is 9.59 Å². The van der Waals surface area contributed by atoms with Crippen LogP contribution in [0, 0.1) is 11.3 Å². The zero-order chi connectivity index (χ0) is 16.3. The first-order valence-corrected chi connectivity index (χ1v) is 7.28. The lowest BCUT2D eigenvalue weighted by atomic mass is 9.86. The van der Waals surface area contributed by atoms with Crippen molar-refractivity contribution < 1.29 is 27.9 Å². The van der Waals surface area contributed by atoms with Crippen LogP contribution in [0.25, 0.3) is 0 Å². The number of hydrogen-bond acceptors (Lipinski definition) is 2. The first-order chi connectivity index (χ1) is 9.69. The number of amides is 1. The predicted molar refractivity (Wildman–Crippen MR) is 70.6 cm³/mol. The van der Waals surface area contributed by atoms with Gasteiger partial charge in [0.1, 0.15) is 0 Å². The fourth-order valence-electron chi connectivity index (χ4n) is 2.87. The second-order valence-electron chi connectivity index (χ2n) is 5.67. The average molecular weight is 309 g/mol. The molecule has 21 heavy (non-hydrogen) atoms. The molecule has 0 aromatic heterocycles. The van der Waals surface area contributed by atoms with Crippen LogP contribution in [0.4, 0.5) is 13.2 Å². The topological polar surface area (TPSA) is 57.6 Å². The molecule has 1 amide bonds. The van der Waals surface area contributed by atoms with Gasteiger partial charge in [-0.25, -0.2) is 0 Å². The van der Waals surface area contributed by atoms with E-state index >= 15 is 0 Å². The highest BCUT2D eigenvalue weighted by molar-refractivity contribution is 5.82. The third kappa shape index (κ3) is 3.49. The fourth-order valence-corrected chi connectivity index (χ4v) is 2.87. The van der Waals surface area contributed by atoms with Crippen molar-refractivity contribution in [2.75, 3.05) is 13.1 Å². The van der Waals surface area contributed by atoms with Gasteiger partial charge in [0.05, 0.1) is 0 Å². The van der Waals surface area contributed by atoms with E-state index in [4.69, 9.17) is 5.11 Å². The summed E-state index contributed by atoms with van der Waals surface area (Å²) in [7, 11) is 0. The Labute approximate surface area is 122 Å². The Hall–Kier alpha value is -1.27. The van der Waals surface area contributed by atoms with Gasteiger partial charge in [-0.1, -0.05) is 26.7 Å². The van der Waals surface area contributed by atoms with E-state index in [0.29, 0.717) is 12.8 Å². The Morgan fingerprint density at radius 1 is 1.24 bits per heavy atom. The summed E-state index contributed by atoms with van der Waals surface area (Å²) in [6.45, 7) is 2.91. The molecule has 1 saturated heterocycles. The SMILES string of the molecule is CCCC(CCC)C(=O)N1CCC(C(=O)O)(C(F)(F)F)C1. The first-order valence-electron chi connectivity index (χ1n) is 7.28. The molecule has 1 N–H and O–H groups in total. The van der Waals surface area contributed by atoms with Crippen molar-refractivity contribution in [1.82, 2.24) is 4.90 Å². The minimum atomic E-state index is -4.85. The minimum absolute atomic E-state index is 0.144. The van der Waals surface area contributed by atoms with Crippen LogP contribution in [0.15, 0.2) is 0 Å². The van der Waals surface area contributed by atoms with Crippen LogP contribution in [0.2, 0.25) is 0 Å². The van der Waals surface area contributed by atoms with Gasteiger partial charge in [-0.15, -0.1) is 0 Å². The molecule has 122 valence electrons. The van der Waals surface area contributed by atoms with Crippen molar-refractivity contribution >= 4 is 11.9 Å². The highest BCUT2D eigenvalue weighted by Crippen LogP contribution is 2.46. The molecule has 1 unspecified atom stereocenters. The largest absolute Gasteiger partial charge is 0.481 e. The molecule has 7 heteroatoms. The van der Waals surface area contributed by atoms with Gasteiger partial charge in [-0.05, 0) is 19.3 Å². The Morgan fingerprint density at radius 3 is 2.10 bits per heavy atom. The lowest BCUT2D eigenvalue weighted by Crippen LogP contribution is -2.48. The van der Waals surface area contributed by atoms with Crippen molar-refractivity contribution in [3.8, 4) is 0 Å². The molecule has 0 radical (unpaired) electrons. The maximum atomic E-state index is 13.1. The quantitative estimate of drug-likeness (QED) is 0.820. The van der Waals surface area contributed by atoms with Gasteiger partial charge in [0.25, 0.3) is 0 Å². The number of likely N-dealkylation sites (tertiary alicyclic amines) is 1. The second kappa shape index (κ2) is 6.66. The highest BCUT2D eigenvalue weighted by Gasteiger charge is 2.64. The minimum Gasteiger partial charge on any atom is -0.481 e. The smallest absolute Gasteiger partial charge is 0.406 e. The number of rotatable bonds is 6. The number of carbonyl (C=O) groups is 2. The molecule has 0 saturated carbocycles. The van der Waals surface area contributed by atoms with E-state index in [1.54, 1.807) is 0 Å². The maximum Gasteiger partial charge on any atom is 0.406 e. The van der Waals surface area contributed by atoms with Gasteiger partial charge >= 0.3 is 12.1 Å². The van der Waals surface area contributed by atoms with Crippen LogP contribution in [0.5, 0.6) is 0 Å². The summed E-state index contributed by atoms with van der Waals surface area (Å²) >= 11 is 0. The molecule has 1 aliphatic rings. The predicted octanol–water partition coefficient (Wildman–Crippen LogP) is 3.07. The first kappa shape index (κ1) is 17.8. The van der Waals surface area contributed by atoms with E-state index < -0.39 is 30.5 Å². The van der Waals surface area contributed by atoms with E-state index in [0.717, 1.165) is 17.7 Å². The molecular formula is C14H22F3NO3. The van der Waals surface area contributed by atoms with E-state index in [1.165, 1.54) is 0 Å². The molecule has 1 rings (SSSR count). The van der Waals surface area contributed by atoms with Crippen LogP contribution in [0.1, 0.15) is 46.0 Å². The number of carboxylic acid groups (broad SMARTS) is 1. The number of halogens is 3. The zero-order valence-corrected chi connectivity index (χ0v) is 12.4. The van der Waals surface area contributed by atoms with Gasteiger partial charge in [-0.3, -0.25) is 9.59 Å². The van der Waals surface area contributed by atoms with Crippen molar-refractivity contribution in [3.63, 3.8) is 0 Å². The van der Waals surface area contributed by atoms with E-state index in [1.807, 2.05) is 13.8 Å². The Morgan fingerprint density at radius 2 is 1.76 bits per heavy atom. The van der Waals surface area contributed by atoms with Gasteiger partial charge in [0.15, 0.2) is 5.41 Å². The normalized spacial score (nSPS) is 22.9. The molecule has 1 atom stereocenters. The lowest BCUT2D eigenvalue weighted by molar-refractivity contribution is -0.227. The molecule has 0 aliphatic carbocycles. The zero-order valence-electron chi connectivity index (χ0n) is 12.4. The van der Waals surface area contributed by atoms with E-state index in [2.05, 4.69) is 0 Å². The fraction of sp³-hybridized carbons (Fsp3) is 0.857. The third-order valence-electron chi connectivity index (χ3n) is 4.16. The molecule has 1 fully saturated rings. The Balaban J connectivity index is 2.89. The van der Waals surface area contributed by atoms with Crippen LogP contribution >= 0.6 is 0 Å². The van der Waals surface area contributed by atoms with E-state index in [-0.39, 0.29) is 18.4 Å². The molecule has 4 nitrogen and oxygen atoms in total. The molecule has 0 bridgehead atoms. The molecular weight excluding hydrogens is 287 g/mol. The molecule has 1 heterocycles. The number of aliphatic carboxylic acids is 1. The standard InChI is InChI=1S/C14H22F3NO3/c1-3-5-10(6-4-2)11(19)18-8-7-13(9-18,12(20)21)14(15,16)17/h10H,3-9H2,1-2H3,(H,20,21). The van der Waals surface area contributed by atoms with Crippen molar-refractivity contribution in [2.45, 2.75) is 52.1 Å². The molecule has 0 spiro atoms. The monoisotopic (exact) mass is 309 g/mol. The Kier molecular flexibility index (Phi) is 5.64. The maximum absolute atomic E-state index is 13.1. The summed E-state index contributed by atoms with van der Waals surface area (Å²) in [5.41, 5.74) is -2.81. The molecule has 1 aliphatic heterocycles. The summed E-state index contributed by atoms with van der Waals surface area (Å²) in [5.74, 6) is -2.54. The average Bonchev–Trinajstić information content (AvgIpc) is 2.83. The molecule has 0 aromatic carbocycles. The number of nitrogens with zero attached hydrogens (tertiary/aromatic N) is 1. The molecule has 0 aromatic rings. The van der Waals surface area contributed by atoms with Crippen molar-refractivity contribution in [1.29, 1.82) is 0 Å². The van der Waals surface area contributed by atoms with Gasteiger partial charge in [0, 0.05) is 19.0 Å². The van der Waals surface area contributed by atoms with Crippen molar-refractivity contribution in [3.05, 3.63) is 0 Å². The summed E-state index contributed by atoms with van der Waals surface area (Å²) in [5, 5.41) is 8.99. The van der Waals surface area contributed by atoms with Gasteiger partial charge in [0.2, 0.25) is 5.91 Å². The van der Waals surface area contributed by atoms with Crippen LogP contribution in [0.3, 0.4) is 0 Å². The van der Waals surface area contributed by atoms with Crippen LogP contribution in [-0.4, -0.2) is 41.1 Å². The van der Waals surface area contributed by atoms with Gasteiger partial charge in [-0.2, -0.15) is 13.2 Å². The third-order valence-corrected chi connectivity index (χ3v) is 4.16. The summed E-state index contributed by atoms with van der Waals surface area (Å²) in [6.07, 6.45) is -2.63. The lowest BCUT2D eigenvalue weighted by Gasteiger charge is -2.28. The number of carbonyl (C=O) groups excluding carboxylic acids is 1.